The second-order valence-electron chi connectivity index (χ2n) is 4.03. The van der Waals surface area contributed by atoms with Crippen molar-refractivity contribution >= 4 is 11.7 Å². The van der Waals surface area contributed by atoms with E-state index in [4.69, 9.17) is 9.84 Å². The lowest BCUT2D eigenvalue weighted by Crippen LogP contribution is -2.05. The first-order valence-electron chi connectivity index (χ1n) is 5.52. The van der Waals surface area contributed by atoms with Gasteiger partial charge in [-0.25, -0.2) is 0 Å². The Labute approximate surface area is 104 Å². The first-order valence-corrected chi connectivity index (χ1v) is 5.52. The van der Waals surface area contributed by atoms with Crippen LogP contribution in [-0.2, 0) is 4.79 Å². The van der Waals surface area contributed by atoms with E-state index < -0.39 is 10.9 Å². The molecule has 0 radical (unpaired) electrons. The van der Waals surface area contributed by atoms with E-state index in [9.17, 15) is 14.9 Å². The standard InChI is InChI=1S/C12H15NO5/c1-8-6-9(2)12(10(7-8)13(16)17)18-5-3-4-11(14)15/h6-7H,3-5H2,1-2H3,(H,14,15). The van der Waals surface area contributed by atoms with Crippen LogP contribution in [0.15, 0.2) is 12.1 Å². The lowest BCUT2D eigenvalue weighted by atomic mass is 10.1. The number of aliphatic carboxylic acids is 1. The maximum Gasteiger partial charge on any atom is 0.311 e. The van der Waals surface area contributed by atoms with Gasteiger partial charge in [-0.15, -0.1) is 0 Å². The lowest BCUT2D eigenvalue weighted by molar-refractivity contribution is -0.386. The van der Waals surface area contributed by atoms with Crippen molar-refractivity contribution in [1.82, 2.24) is 0 Å². The molecule has 1 N–H and O–H groups in total. The molecule has 0 saturated heterocycles. The molecular formula is C12H15NO5. The van der Waals surface area contributed by atoms with Crippen LogP contribution in [0.4, 0.5) is 5.69 Å². The van der Waals surface area contributed by atoms with Crippen LogP contribution in [0.1, 0.15) is 24.0 Å². The molecule has 1 aromatic rings. The molecule has 0 aliphatic carbocycles. The van der Waals surface area contributed by atoms with Gasteiger partial charge in [-0.1, -0.05) is 6.07 Å². The molecule has 0 atom stereocenters. The maximum atomic E-state index is 10.9. The van der Waals surface area contributed by atoms with Crippen molar-refractivity contribution in [3.8, 4) is 5.75 Å². The third kappa shape index (κ3) is 3.73. The summed E-state index contributed by atoms with van der Waals surface area (Å²) in [4.78, 5) is 20.7. The summed E-state index contributed by atoms with van der Waals surface area (Å²) in [5.41, 5.74) is 1.39. The van der Waals surface area contributed by atoms with Gasteiger partial charge in [0, 0.05) is 12.5 Å². The number of benzene rings is 1. The zero-order valence-electron chi connectivity index (χ0n) is 10.3. The van der Waals surface area contributed by atoms with Crippen LogP contribution in [0.3, 0.4) is 0 Å². The molecule has 0 heterocycles. The first-order chi connectivity index (χ1) is 8.41. The van der Waals surface area contributed by atoms with Crippen LogP contribution in [0.25, 0.3) is 0 Å². The van der Waals surface area contributed by atoms with E-state index in [1.165, 1.54) is 6.07 Å². The van der Waals surface area contributed by atoms with Gasteiger partial charge >= 0.3 is 11.7 Å². The van der Waals surface area contributed by atoms with Crippen molar-refractivity contribution in [1.29, 1.82) is 0 Å². The summed E-state index contributed by atoms with van der Waals surface area (Å²) in [5.74, 6) is -0.690. The normalized spacial score (nSPS) is 10.1. The number of nitro benzene ring substituents is 1. The van der Waals surface area contributed by atoms with Crippen LogP contribution < -0.4 is 4.74 Å². The molecule has 0 unspecified atom stereocenters. The molecule has 1 rings (SSSR count). The summed E-state index contributed by atoms with van der Waals surface area (Å²) >= 11 is 0. The molecule has 98 valence electrons. The Morgan fingerprint density at radius 1 is 1.44 bits per heavy atom. The lowest BCUT2D eigenvalue weighted by Gasteiger charge is -2.09. The quantitative estimate of drug-likeness (QED) is 0.477. The van der Waals surface area contributed by atoms with Crippen molar-refractivity contribution in [2.45, 2.75) is 26.7 Å². The van der Waals surface area contributed by atoms with E-state index in [2.05, 4.69) is 0 Å². The minimum Gasteiger partial charge on any atom is -0.487 e. The topological polar surface area (TPSA) is 89.7 Å². The Kier molecular flexibility index (Phi) is 4.65. The molecule has 0 bridgehead atoms. The van der Waals surface area contributed by atoms with Crippen molar-refractivity contribution in [3.05, 3.63) is 33.4 Å². The van der Waals surface area contributed by atoms with Crippen LogP contribution in [0.5, 0.6) is 5.75 Å². The summed E-state index contributed by atoms with van der Waals surface area (Å²) in [6, 6.07) is 3.24. The monoisotopic (exact) mass is 253 g/mol. The highest BCUT2D eigenvalue weighted by atomic mass is 16.6. The van der Waals surface area contributed by atoms with Crippen LogP contribution in [-0.4, -0.2) is 22.6 Å². The van der Waals surface area contributed by atoms with Gasteiger partial charge in [0.2, 0.25) is 0 Å². The number of nitro groups is 1. The molecule has 0 saturated carbocycles. The summed E-state index contributed by atoms with van der Waals surface area (Å²) in [6.45, 7) is 3.65. The maximum absolute atomic E-state index is 10.9. The minimum atomic E-state index is -0.909. The molecular weight excluding hydrogens is 238 g/mol. The number of carboxylic acids is 1. The van der Waals surface area contributed by atoms with Gasteiger partial charge in [0.05, 0.1) is 11.5 Å². The second kappa shape index (κ2) is 6.00. The predicted molar refractivity (Wildman–Crippen MR) is 64.9 cm³/mol. The number of rotatable bonds is 6. The molecule has 0 aliphatic heterocycles. The number of carbonyl (C=O) groups is 1. The highest BCUT2D eigenvalue weighted by molar-refractivity contribution is 5.66. The average Bonchev–Trinajstić information content (AvgIpc) is 2.25. The smallest absolute Gasteiger partial charge is 0.311 e. The molecule has 0 fully saturated rings. The van der Waals surface area contributed by atoms with Crippen LogP contribution in [0.2, 0.25) is 0 Å². The average molecular weight is 253 g/mol. The van der Waals surface area contributed by atoms with E-state index in [1.54, 1.807) is 19.9 Å². The molecule has 18 heavy (non-hydrogen) atoms. The molecule has 6 nitrogen and oxygen atoms in total. The number of nitrogens with zero attached hydrogens (tertiary/aromatic N) is 1. The zero-order valence-corrected chi connectivity index (χ0v) is 10.3. The minimum absolute atomic E-state index is 0.0152. The third-order valence-electron chi connectivity index (χ3n) is 2.38. The SMILES string of the molecule is Cc1cc(C)c(OCCCC(=O)O)c([N+](=O)[O-])c1. The molecule has 0 amide bonds. The highest BCUT2D eigenvalue weighted by Gasteiger charge is 2.18. The number of carboxylic acid groups (broad SMARTS) is 1. The van der Waals surface area contributed by atoms with Gasteiger partial charge < -0.3 is 9.84 Å². The second-order valence-corrected chi connectivity index (χ2v) is 4.03. The Balaban J connectivity index is 2.80. The van der Waals surface area contributed by atoms with E-state index in [0.29, 0.717) is 12.0 Å². The van der Waals surface area contributed by atoms with Crippen LogP contribution >= 0.6 is 0 Å². The molecule has 0 aromatic heterocycles. The van der Waals surface area contributed by atoms with E-state index in [-0.39, 0.29) is 24.5 Å². The van der Waals surface area contributed by atoms with Gasteiger partial charge in [0.1, 0.15) is 0 Å². The Hall–Kier alpha value is -2.11. The van der Waals surface area contributed by atoms with Gasteiger partial charge in [-0.3, -0.25) is 14.9 Å². The van der Waals surface area contributed by atoms with Crippen molar-refractivity contribution in [2.24, 2.45) is 0 Å². The van der Waals surface area contributed by atoms with E-state index >= 15 is 0 Å². The fourth-order valence-corrected chi connectivity index (χ4v) is 1.65. The van der Waals surface area contributed by atoms with Crippen molar-refractivity contribution < 1.29 is 19.6 Å². The first kappa shape index (κ1) is 14.0. The Bertz CT molecular complexity index is 470. The van der Waals surface area contributed by atoms with Crippen LogP contribution in [0, 0.1) is 24.0 Å². The van der Waals surface area contributed by atoms with Gasteiger partial charge in [-0.05, 0) is 31.4 Å². The van der Waals surface area contributed by atoms with Crippen molar-refractivity contribution in [3.63, 3.8) is 0 Å². The number of hydrogen-bond acceptors (Lipinski definition) is 4. The summed E-state index contributed by atoms with van der Waals surface area (Å²) in [5, 5.41) is 19.4. The van der Waals surface area contributed by atoms with Gasteiger partial charge in [0.15, 0.2) is 5.75 Å². The molecule has 0 spiro atoms. The predicted octanol–water partition coefficient (Wildman–Crippen LogP) is 2.46. The molecule has 6 heteroatoms. The summed E-state index contributed by atoms with van der Waals surface area (Å²) in [6.07, 6.45) is 0.304. The van der Waals surface area contributed by atoms with E-state index in [0.717, 1.165) is 5.56 Å². The summed E-state index contributed by atoms with van der Waals surface area (Å²) < 4.78 is 5.33. The highest BCUT2D eigenvalue weighted by Crippen LogP contribution is 2.32. The number of ether oxygens (including phenoxy) is 1. The number of hydrogen-bond donors (Lipinski definition) is 1. The molecule has 0 aliphatic rings. The van der Waals surface area contributed by atoms with Crippen molar-refractivity contribution in [2.75, 3.05) is 6.61 Å². The van der Waals surface area contributed by atoms with Gasteiger partial charge in [0.25, 0.3) is 0 Å². The summed E-state index contributed by atoms with van der Waals surface area (Å²) in [7, 11) is 0. The third-order valence-corrected chi connectivity index (χ3v) is 2.38. The van der Waals surface area contributed by atoms with Gasteiger partial charge in [-0.2, -0.15) is 0 Å². The molecule has 1 aromatic carbocycles. The Morgan fingerprint density at radius 2 is 2.11 bits per heavy atom. The fourth-order valence-electron chi connectivity index (χ4n) is 1.65. The van der Waals surface area contributed by atoms with E-state index in [1.807, 2.05) is 0 Å². The number of aryl methyl sites for hydroxylation is 2. The fraction of sp³-hybridized carbons (Fsp3) is 0.417. The largest absolute Gasteiger partial charge is 0.487 e. The Morgan fingerprint density at radius 3 is 2.67 bits per heavy atom. The zero-order chi connectivity index (χ0) is 13.7.